The molecule has 5 heteroatoms. The molecule has 13 heavy (non-hydrogen) atoms. The molecule has 0 aliphatic rings. The molecule has 0 radical (unpaired) electrons. The fourth-order valence-corrected chi connectivity index (χ4v) is 0.959. The first-order valence-electron chi connectivity index (χ1n) is 4.16. The van der Waals surface area contributed by atoms with Crippen molar-refractivity contribution >= 4 is 11.9 Å². The van der Waals surface area contributed by atoms with Gasteiger partial charge in [0.15, 0.2) is 0 Å². The number of esters is 1. The van der Waals surface area contributed by atoms with Crippen molar-refractivity contribution in [1.82, 2.24) is 5.32 Å². The normalized spacial score (nSPS) is 11.9. The van der Waals surface area contributed by atoms with Gasteiger partial charge < -0.3 is 15.8 Å². The number of hydrogen-bond acceptors (Lipinski definition) is 4. The van der Waals surface area contributed by atoms with E-state index in [9.17, 15) is 9.59 Å². The lowest BCUT2D eigenvalue weighted by Crippen LogP contribution is -2.40. The number of nitrogens with two attached hydrogens (primary N) is 1. The maximum absolute atomic E-state index is 11.1. The molecule has 0 fully saturated rings. The molecule has 0 saturated carbocycles. The predicted octanol–water partition coefficient (Wildman–Crippen LogP) is -0.597. The van der Waals surface area contributed by atoms with Gasteiger partial charge in [0.05, 0.1) is 7.11 Å². The Morgan fingerprint density at radius 3 is 2.54 bits per heavy atom. The van der Waals surface area contributed by atoms with Gasteiger partial charge in [-0.05, 0) is 19.4 Å². The number of amides is 1. The largest absolute Gasteiger partial charge is 0.467 e. The maximum Gasteiger partial charge on any atom is 0.328 e. The second kappa shape index (κ2) is 6.42. The third kappa shape index (κ3) is 5.19. The molecule has 0 aromatic heterocycles. The molecule has 3 N–H and O–H groups in total. The van der Waals surface area contributed by atoms with Crippen LogP contribution >= 0.6 is 0 Å². The predicted molar refractivity (Wildman–Crippen MR) is 47.9 cm³/mol. The standard InChI is InChI=1S/C8H16N2O3/c1-6(11)10-7(4-3-5-9)8(12)13-2/h7H,3-5,9H2,1-2H3,(H,10,11)/t7-/m1/s1. The molecule has 0 aliphatic heterocycles. The quantitative estimate of drug-likeness (QED) is 0.565. The van der Waals surface area contributed by atoms with E-state index in [4.69, 9.17) is 5.73 Å². The van der Waals surface area contributed by atoms with Crippen molar-refractivity contribution in [3.05, 3.63) is 0 Å². The molecule has 1 amide bonds. The summed E-state index contributed by atoms with van der Waals surface area (Å²) < 4.78 is 4.52. The van der Waals surface area contributed by atoms with Crippen LogP contribution in [0.5, 0.6) is 0 Å². The zero-order chi connectivity index (χ0) is 10.3. The molecule has 0 aromatic carbocycles. The van der Waals surface area contributed by atoms with Gasteiger partial charge in [-0.3, -0.25) is 4.79 Å². The summed E-state index contributed by atoms with van der Waals surface area (Å²) in [5.74, 6) is -0.670. The SMILES string of the molecule is COC(=O)[C@@H](CCCN)NC(C)=O. The van der Waals surface area contributed by atoms with Crippen LogP contribution in [-0.4, -0.2) is 31.6 Å². The maximum atomic E-state index is 11.1. The topological polar surface area (TPSA) is 81.4 Å². The highest BCUT2D eigenvalue weighted by molar-refractivity contribution is 5.83. The van der Waals surface area contributed by atoms with E-state index in [1.165, 1.54) is 14.0 Å². The van der Waals surface area contributed by atoms with Crippen molar-refractivity contribution in [2.75, 3.05) is 13.7 Å². The first kappa shape index (κ1) is 11.9. The number of hydrogen-bond donors (Lipinski definition) is 2. The molecule has 0 aromatic rings. The third-order valence-corrected chi connectivity index (χ3v) is 1.56. The van der Waals surface area contributed by atoms with Crippen molar-refractivity contribution < 1.29 is 14.3 Å². The number of carbonyl (C=O) groups excluding carboxylic acids is 2. The van der Waals surface area contributed by atoms with Crippen molar-refractivity contribution in [3.8, 4) is 0 Å². The molecule has 0 rings (SSSR count). The highest BCUT2D eigenvalue weighted by atomic mass is 16.5. The summed E-state index contributed by atoms with van der Waals surface area (Å²) in [6.07, 6.45) is 1.20. The molecule has 0 saturated heterocycles. The number of methoxy groups -OCH3 is 1. The van der Waals surface area contributed by atoms with Gasteiger partial charge in [-0.2, -0.15) is 0 Å². The average Bonchev–Trinajstić information content (AvgIpc) is 2.10. The van der Waals surface area contributed by atoms with Crippen molar-refractivity contribution in [3.63, 3.8) is 0 Å². The van der Waals surface area contributed by atoms with Crippen LogP contribution in [0, 0.1) is 0 Å². The molecule has 0 spiro atoms. The fourth-order valence-electron chi connectivity index (χ4n) is 0.959. The average molecular weight is 188 g/mol. The molecule has 1 atom stereocenters. The van der Waals surface area contributed by atoms with E-state index < -0.39 is 12.0 Å². The van der Waals surface area contributed by atoms with Crippen LogP contribution in [0.2, 0.25) is 0 Å². The first-order chi connectivity index (χ1) is 6.11. The van der Waals surface area contributed by atoms with Crippen LogP contribution in [0.15, 0.2) is 0 Å². The fraction of sp³-hybridized carbons (Fsp3) is 0.750. The Bertz CT molecular complexity index is 182. The van der Waals surface area contributed by atoms with Crippen LogP contribution in [0.4, 0.5) is 0 Å². The third-order valence-electron chi connectivity index (χ3n) is 1.56. The molecular formula is C8H16N2O3. The second-order valence-corrected chi connectivity index (χ2v) is 2.71. The Labute approximate surface area is 77.6 Å². The van der Waals surface area contributed by atoms with Gasteiger partial charge in [0.2, 0.25) is 5.91 Å². The van der Waals surface area contributed by atoms with Crippen LogP contribution in [-0.2, 0) is 14.3 Å². The minimum Gasteiger partial charge on any atom is -0.467 e. The summed E-state index contributed by atoms with van der Waals surface area (Å²) in [6.45, 7) is 1.85. The zero-order valence-corrected chi connectivity index (χ0v) is 8.00. The molecule has 0 unspecified atom stereocenters. The Kier molecular flexibility index (Phi) is 5.88. The smallest absolute Gasteiger partial charge is 0.328 e. The van der Waals surface area contributed by atoms with E-state index in [0.29, 0.717) is 19.4 Å². The Balaban J connectivity index is 4.02. The summed E-state index contributed by atoms with van der Waals surface area (Å²) in [5, 5.41) is 2.50. The zero-order valence-electron chi connectivity index (χ0n) is 8.00. The molecule has 0 heterocycles. The number of nitrogens with one attached hydrogen (secondary N) is 1. The lowest BCUT2D eigenvalue weighted by molar-refractivity contribution is -0.145. The van der Waals surface area contributed by atoms with Crippen LogP contribution in [0.1, 0.15) is 19.8 Å². The van der Waals surface area contributed by atoms with E-state index >= 15 is 0 Å². The number of ether oxygens (including phenoxy) is 1. The van der Waals surface area contributed by atoms with Gasteiger partial charge in [-0.15, -0.1) is 0 Å². The molecule has 0 aliphatic carbocycles. The lowest BCUT2D eigenvalue weighted by Gasteiger charge is -2.14. The lowest BCUT2D eigenvalue weighted by atomic mass is 10.1. The van der Waals surface area contributed by atoms with Crippen molar-refractivity contribution in [1.29, 1.82) is 0 Å². The van der Waals surface area contributed by atoms with Crippen LogP contribution in [0.25, 0.3) is 0 Å². The number of rotatable bonds is 5. The van der Waals surface area contributed by atoms with E-state index in [1.807, 2.05) is 0 Å². The van der Waals surface area contributed by atoms with E-state index in [1.54, 1.807) is 0 Å². The van der Waals surface area contributed by atoms with Crippen molar-refractivity contribution in [2.45, 2.75) is 25.8 Å². The van der Waals surface area contributed by atoms with Gasteiger partial charge in [0, 0.05) is 6.92 Å². The van der Waals surface area contributed by atoms with E-state index in [0.717, 1.165) is 0 Å². The summed E-state index contributed by atoms with van der Waals surface area (Å²) in [5.41, 5.74) is 5.28. The van der Waals surface area contributed by atoms with Crippen LogP contribution < -0.4 is 11.1 Å². The van der Waals surface area contributed by atoms with Gasteiger partial charge in [0.25, 0.3) is 0 Å². The molecule has 5 nitrogen and oxygen atoms in total. The molecule has 0 bridgehead atoms. The van der Waals surface area contributed by atoms with Gasteiger partial charge in [-0.1, -0.05) is 0 Å². The van der Waals surface area contributed by atoms with Gasteiger partial charge in [-0.25, -0.2) is 4.79 Å². The first-order valence-corrected chi connectivity index (χ1v) is 4.16. The Morgan fingerprint density at radius 2 is 2.15 bits per heavy atom. The van der Waals surface area contributed by atoms with Gasteiger partial charge in [0.1, 0.15) is 6.04 Å². The summed E-state index contributed by atoms with van der Waals surface area (Å²) in [6, 6.07) is -0.564. The number of carbonyl (C=O) groups is 2. The van der Waals surface area contributed by atoms with E-state index in [2.05, 4.69) is 10.1 Å². The Morgan fingerprint density at radius 1 is 1.54 bits per heavy atom. The van der Waals surface area contributed by atoms with Crippen molar-refractivity contribution in [2.24, 2.45) is 5.73 Å². The second-order valence-electron chi connectivity index (χ2n) is 2.71. The van der Waals surface area contributed by atoms with Gasteiger partial charge >= 0.3 is 5.97 Å². The minimum absolute atomic E-state index is 0.243. The summed E-state index contributed by atoms with van der Waals surface area (Å²) in [4.78, 5) is 21.8. The monoisotopic (exact) mass is 188 g/mol. The highest BCUT2D eigenvalue weighted by Gasteiger charge is 2.18. The minimum atomic E-state index is -0.564. The Hall–Kier alpha value is -1.10. The highest BCUT2D eigenvalue weighted by Crippen LogP contribution is 1.98. The summed E-state index contributed by atoms with van der Waals surface area (Å²) in [7, 11) is 1.29. The summed E-state index contributed by atoms with van der Waals surface area (Å²) >= 11 is 0. The van der Waals surface area contributed by atoms with E-state index in [-0.39, 0.29) is 5.91 Å². The molecular weight excluding hydrogens is 172 g/mol. The molecule has 76 valence electrons. The van der Waals surface area contributed by atoms with Crippen LogP contribution in [0.3, 0.4) is 0 Å².